The number of carbonyl (C=O) groups is 1. The van der Waals surface area contributed by atoms with Crippen LogP contribution in [0.3, 0.4) is 0 Å². The number of hydrogen-bond donors (Lipinski definition) is 3. The smallest absolute Gasteiger partial charge is 0.265 e. The molecule has 20 heavy (non-hydrogen) atoms. The molecule has 3 rings (SSSR count). The van der Waals surface area contributed by atoms with E-state index in [4.69, 9.17) is 5.84 Å². The molecule has 0 spiro atoms. The Bertz CT molecular complexity index is 492. The molecule has 4 N–H and O–H groups in total. The Labute approximate surface area is 118 Å². The average Bonchev–Trinajstić information content (AvgIpc) is 2.70. The summed E-state index contributed by atoms with van der Waals surface area (Å²) >= 11 is 0. The fourth-order valence-corrected chi connectivity index (χ4v) is 3.61. The monoisotopic (exact) mass is 275 g/mol. The van der Waals surface area contributed by atoms with Gasteiger partial charge in [0.25, 0.3) is 5.91 Å². The minimum Gasteiger partial charge on any atom is -0.393 e. The summed E-state index contributed by atoms with van der Waals surface area (Å²) in [6.07, 6.45) is 3.95. The summed E-state index contributed by atoms with van der Waals surface area (Å²) in [5.74, 6) is 4.91. The maximum Gasteiger partial charge on any atom is 0.265 e. The highest BCUT2D eigenvalue weighted by Gasteiger charge is 2.39. The van der Waals surface area contributed by atoms with Gasteiger partial charge in [0.05, 0.1) is 6.10 Å². The van der Waals surface area contributed by atoms with E-state index in [1.807, 2.05) is 18.2 Å². The molecular weight excluding hydrogens is 254 g/mol. The molecule has 1 amide bonds. The van der Waals surface area contributed by atoms with Crippen LogP contribution in [0.1, 0.15) is 41.6 Å². The van der Waals surface area contributed by atoms with Crippen LogP contribution in [-0.2, 0) is 6.54 Å². The van der Waals surface area contributed by atoms with Crippen LogP contribution in [0.15, 0.2) is 24.3 Å². The van der Waals surface area contributed by atoms with E-state index in [1.54, 1.807) is 6.07 Å². The van der Waals surface area contributed by atoms with E-state index in [0.717, 1.165) is 24.9 Å². The van der Waals surface area contributed by atoms with E-state index in [-0.39, 0.29) is 12.0 Å². The summed E-state index contributed by atoms with van der Waals surface area (Å²) in [5.41, 5.74) is 3.88. The van der Waals surface area contributed by atoms with Gasteiger partial charge < -0.3 is 5.11 Å². The molecule has 0 aromatic heterocycles. The first-order chi connectivity index (χ1) is 9.67. The molecule has 1 aromatic carbocycles. The Hall–Kier alpha value is -1.43. The van der Waals surface area contributed by atoms with Gasteiger partial charge in [-0.2, -0.15) is 0 Å². The Kier molecular flexibility index (Phi) is 3.74. The molecule has 2 fully saturated rings. The van der Waals surface area contributed by atoms with Crippen molar-refractivity contribution >= 4 is 5.91 Å². The molecule has 2 bridgehead atoms. The molecule has 108 valence electrons. The first-order valence-corrected chi connectivity index (χ1v) is 7.21. The van der Waals surface area contributed by atoms with Crippen LogP contribution in [0, 0.1) is 0 Å². The van der Waals surface area contributed by atoms with Crippen molar-refractivity contribution in [3.63, 3.8) is 0 Å². The molecule has 2 atom stereocenters. The number of piperidine rings is 1. The van der Waals surface area contributed by atoms with Gasteiger partial charge in [-0.1, -0.05) is 12.1 Å². The first-order valence-electron chi connectivity index (χ1n) is 7.21. The van der Waals surface area contributed by atoms with Crippen LogP contribution >= 0.6 is 0 Å². The van der Waals surface area contributed by atoms with Crippen LogP contribution in [0.5, 0.6) is 0 Å². The molecule has 0 radical (unpaired) electrons. The fourth-order valence-electron chi connectivity index (χ4n) is 3.61. The lowest BCUT2D eigenvalue weighted by atomic mass is 9.99. The number of nitrogens with two attached hydrogens (primary N) is 1. The molecule has 2 saturated heterocycles. The molecule has 2 aliphatic heterocycles. The van der Waals surface area contributed by atoms with E-state index in [0.29, 0.717) is 17.6 Å². The second-order valence-electron chi connectivity index (χ2n) is 5.86. The fraction of sp³-hybridized carbons (Fsp3) is 0.533. The predicted octanol–water partition coefficient (Wildman–Crippen LogP) is 0.778. The largest absolute Gasteiger partial charge is 0.393 e. The molecule has 2 heterocycles. The number of nitrogen functional groups attached to an aromatic ring is 1. The summed E-state index contributed by atoms with van der Waals surface area (Å²) in [4.78, 5) is 14.0. The molecule has 1 aromatic rings. The number of fused-ring (bicyclic) bond motifs is 2. The molecule has 0 aliphatic carbocycles. The normalized spacial score (nSPS) is 29.4. The van der Waals surface area contributed by atoms with E-state index in [9.17, 15) is 9.90 Å². The molecule has 5 nitrogen and oxygen atoms in total. The highest BCUT2D eigenvalue weighted by molar-refractivity contribution is 5.93. The van der Waals surface area contributed by atoms with Gasteiger partial charge >= 0.3 is 0 Å². The summed E-state index contributed by atoms with van der Waals surface area (Å²) in [7, 11) is 0. The highest BCUT2D eigenvalue weighted by atomic mass is 16.3. The van der Waals surface area contributed by atoms with Crippen molar-refractivity contribution in [2.75, 3.05) is 0 Å². The zero-order valence-electron chi connectivity index (χ0n) is 11.5. The van der Waals surface area contributed by atoms with Crippen molar-refractivity contribution in [1.82, 2.24) is 10.3 Å². The van der Waals surface area contributed by atoms with Crippen molar-refractivity contribution in [2.45, 2.75) is 50.4 Å². The third-order valence-electron chi connectivity index (χ3n) is 4.54. The number of nitrogens with zero attached hydrogens (tertiary/aromatic N) is 1. The maximum atomic E-state index is 11.6. The lowest BCUT2D eigenvalue weighted by Gasteiger charge is -2.37. The van der Waals surface area contributed by atoms with Crippen LogP contribution in [0.4, 0.5) is 0 Å². The number of hydrogen-bond acceptors (Lipinski definition) is 4. The number of carbonyl (C=O) groups excluding carboxylic acids is 1. The lowest BCUT2D eigenvalue weighted by molar-refractivity contribution is 0.0310. The van der Waals surface area contributed by atoms with Crippen LogP contribution in [0.25, 0.3) is 0 Å². The zero-order valence-corrected chi connectivity index (χ0v) is 11.5. The van der Waals surface area contributed by atoms with Crippen LogP contribution in [0.2, 0.25) is 0 Å². The summed E-state index contributed by atoms with van der Waals surface area (Å²) in [6.45, 7) is 0.841. The first kappa shape index (κ1) is 13.5. The van der Waals surface area contributed by atoms with Crippen molar-refractivity contribution in [3.8, 4) is 0 Å². The van der Waals surface area contributed by atoms with Crippen LogP contribution in [-0.4, -0.2) is 34.1 Å². The number of nitrogens with one attached hydrogen (secondary N) is 1. The van der Waals surface area contributed by atoms with Gasteiger partial charge in [0, 0.05) is 24.2 Å². The number of benzene rings is 1. The minimum atomic E-state index is -0.260. The predicted molar refractivity (Wildman–Crippen MR) is 75.7 cm³/mol. The van der Waals surface area contributed by atoms with Crippen molar-refractivity contribution in [3.05, 3.63) is 35.4 Å². The summed E-state index contributed by atoms with van der Waals surface area (Å²) in [6, 6.07) is 8.55. The molecular formula is C15H21N3O2. The lowest BCUT2D eigenvalue weighted by Crippen LogP contribution is -2.44. The molecule has 2 aliphatic rings. The maximum absolute atomic E-state index is 11.6. The van der Waals surface area contributed by atoms with Crippen LogP contribution < -0.4 is 11.3 Å². The second kappa shape index (κ2) is 5.52. The molecule has 0 saturated carbocycles. The Balaban J connectivity index is 1.74. The average molecular weight is 275 g/mol. The SMILES string of the molecule is NNC(=O)c1cccc(CN2C3CCC2CC(O)C3)c1. The summed E-state index contributed by atoms with van der Waals surface area (Å²) in [5, 5.41) is 9.83. The molecule has 5 heteroatoms. The Morgan fingerprint density at radius 1 is 1.35 bits per heavy atom. The van der Waals surface area contributed by atoms with Gasteiger partial charge in [0.1, 0.15) is 0 Å². The Morgan fingerprint density at radius 3 is 2.70 bits per heavy atom. The standard InChI is InChI=1S/C15H21N3O2/c16-17-15(20)11-3-1-2-10(6-11)9-18-12-4-5-13(18)8-14(19)7-12/h1-3,6,12-14,19H,4-5,7-9,16H2,(H,17,20). The zero-order chi connectivity index (χ0) is 14.1. The molecule has 2 unspecified atom stereocenters. The number of amides is 1. The van der Waals surface area contributed by atoms with E-state index in [2.05, 4.69) is 10.3 Å². The number of aliphatic hydroxyl groups is 1. The van der Waals surface area contributed by atoms with Gasteiger partial charge in [-0.25, -0.2) is 5.84 Å². The third-order valence-corrected chi connectivity index (χ3v) is 4.54. The van der Waals surface area contributed by atoms with Gasteiger partial charge in [-0.05, 0) is 43.4 Å². The van der Waals surface area contributed by atoms with E-state index < -0.39 is 0 Å². The third kappa shape index (κ3) is 2.57. The van der Waals surface area contributed by atoms with Gasteiger partial charge in [-0.3, -0.25) is 15.1 Å². The van der Waals surface area contributed by atoms with Gasteiger partial charge in [0.15, 0.2) is 0 Å². The summed E-state index contributed by atoms with van der Waals surface area (Å²) < 4.78 is 0. The van der Waals surface area contributed by atoms with Gasteiger partial charge in [0.2, 0.25) is 0 Å². The number of aliphatic hydroxyl groups excluding tert-OH is 1. The van der Waals surface area contributed by atoms with Crippen molar-refractivity contribution in [1.29, 1.82) is 0 Å². The highest BCUT2D eigenvalue weighted by Crippen LogP contribution is 2.36. The minimum absolute atomic E-state index is 0.141. The van der Waals surface area contributed by atoms with E-state index >= 15 is 0 Å². The quantitative estimate of drug-likeness (QED) is 0.433. The van der Waals surface area contributed by atoms with Gasteiger partial charge in [-0.15, -0.1) is 0 Å². The number of hydrazine groups is 1. The van der Waals surface area contributed by atoms with Crippen molar-refractivity contribution in [2.24, 2.45) is 5.84 Å². The Morgan fingerprint density at radius 2 is 2.05 bits per heavy atom. The van der Waals surface area contributed by atoms with Crippen molar-refractivity contribution < 1.29 is 9.90 Å². The second-order valence-corrected chi connectivity index (χ2v) is 5.86. The topological polar surface area (TPSA) is 78.6 Å². The van der Waals surface area contributed by atoms with E-state index in [1.165, 1.54) is 12.8 Å². The number of rotatable bonds is 3.